The largest absolute Gasteiger partial charge is 0.379 e. The summed E-state index contributed by atoms with van der Waals surface area (Å²) in [7, 11) is 5.18. The average Bonchev–Trinajstić information content (AvgIpc) is 2.26. The number of methoxy groups -OCH3 is 3. The highest BCUT2D eigenvalue weighted by Gasteiger charge is 2.37. The third-order valence-electron chi connectivity index (χ3n) is 3.15. The van der Waals surface area contributed by atoms with Crippen LogP contribution in [0.2, 0.25) is 0 Å². The lowest BCUT2D eigenvalue weighted by Gasteiger charge is -2.39. The van der Waals surface area contributed by atoms with Crippen molar-refractivity contribution in [2.24, 2.45) is 5.92 Å². The van der Waals surface area contributed by atoms with E-state index in [1.54, 1.807) is 21.3 Å². The van der Waals surface area contributed by atoms with E-state index in [0.29, 0.717) is 5.92 Å². The van der Waals surface area contributed by atoms with Gasteiger partial charge in [0.25, 0.3) is 0 Å². The Labute approximate surface area is 86.7 Å². The Morgan fingerprint density at radius 2 is 1.50 bits per heavy atom. The predicted octanol–water partition coefficient (Wildman–Crippen LogP) is 1.67. The second-order valence-corrected chi connectivity index (χ2v) is 3.87. The number of rotatable bonds is 4. The Hall–Kier alpha value is -0.120. The highest BCUT2D eigenvalue weighted by molar-refractivity contribution is 4.89. The van der Waals surface area contributed by atoms with Crippen molar-refractivity contribution in [3.05, 3.63) is 6.92 Å². The van der Waals surface area contributed by atoms with Crippen LogP contribution >= 0.6 is 0 Å². The maximum atomic E-state index is 5.43. The third-order valence-corrected chi connectivity index (χ3v) is 3.15. The fourth-order valence-electron chi connectivity index (χ4n) is 2.26. The van der Waals surface area contributed by atoms with E-state index in [2.05, 4.69) is 6.92 Å². The van der Waals surface area contributed by atoms with E-state index in [0.717, 1.165) is 19.3 Å². The van der Waals surface area contributed by atoms with Gasteiger partial charge in [-0.15, -0.1) is 0 Å². The zero-order valence-electron chi connectivity index (χ0n) is 9.36. The summed E-state index contributed by atoms with van der Waals surface area (Å²) in [6, 6.07) is 0. The summed E-state index contributed by atoms with van der Waals surface area (Å²) in [6.45, 7) is 3.95. The summed E-state index contributed by atoms with van der Waals surface area (Å²) in [4.78, 5) is 0. The fourth-order valence-corrected chi connectivity index (χ4v) is 2.26. The zero-order valence-corrected chi connectivity index (χ0v) is 9.36. The zero-order chi connectivity index (χ0) is 10.6. The van der Waals surface area contributed by atoms with Gasteiger partial charge in [-0.2, -0.15) is 0 Å². The molecule has 0 spiro atoms. The second kappa shape index (κ2) is 5.69. The van der Waals surface area contributed by atoms with E-state index in [-0.39, 0.29) is 18.3 Å². The Morgan fingerprint density at radius 3 is 1.79 bits per heavy atom. The van der Waals surface area contributed by atoms with Gasteiger partial charge in [0.1, 0.15) is 6.10 Å². The summed E-state index contributed by atoms with van der Waals surface area (Å²) in [6.07, 6.45) is 3.34. The van der Waals surface area contributed by atoms with Gasteiger partial charge in [0.05, 0.1) is 12.2 Å². The molecule has 3 nitrogen and oxygen atoms in total. The van der Waals surface area contributed by atoms with Crippen molar-refractivity contribution in [1.82, 2.24) is 0 Å². The molecule has 14 heavy (non-hydrogen) atoms. The van der Waals surface area contributed by atoms with Crippen LogP contribution in [0, 0.1) is 12.8 Å². The molecule has 1 fully saturated rings. The first kappa shape index (κ1) is 12.0. The van der Waals surface area contributed by atoms with Gasteiger partial charge in [-0.25, -0.2) is 0 Å². The lowest BCUT2D eigenvalue weighted by molar-refractivity contribution is -0.140. The molecule has 1 aliphatic carbocycles. The Bertz CT molecular complexity index is 147. The van der Waals surface area contributed by atoms with Crippen LogP contribution in [0.4, 0.5) is 0 Å². The van der Waals surface area contributed by atoms with E-state index in [1.807, 2.05) is 0 Å². The highest BCUT2D eigenvalue weighted by Crippen LogP contribution is 2.31. The van der Waals surface area contributed by atoms with Crippen LogP contribution in [0.25, 0.3) is 0 Å². The molecule has 83 valence electrons. The molecule has 0 aromatic rings. The lowest BCUT2D eigenvalue weighted by atomic mass is 9.81. The fraction of sp³-hybridized carbons (Fsp3) is 0.909. The standard InChI is InChI=1S/C11H21O3/c1-5-8-6-9(12-2)11(14-4)10(7-8)13-3/h8-11H,1,5-7H2,2-4H3. The van der Waals surface area contributed by atoms with Crippen molar-refractivity contribution in [2.75, 3.05) is 21.3 Å². The van der Waals surface area contributed by atoms with Crippen molar-refractivity contribution >= 4 is 0 Å². The SMILES string of the molecule is [CH2]CC1CC(OC)C(OC)C(OC)C1. The Kier molecular flexibility index (Phi) is 4.85. The number of hydrogen-bond donors (Lipinski definition) is 0. The van der Waals surface area contributed by atoms with Gasteiger partial charge < -0.3 is 14.2 Å². The van der Waals surface area contributed by atoms with Crippen LogP contribution < -0.4 is 0 Å². The molecule has 0 amide bonds. The summed E-state index contributed by atoms with van der Waals surface area (Å²) in [5.74, 6) is 0.594. The minimum absolute atomic E-state index is 0.0628. The van der Waals surface area contributed by atoms with Crippen molar-refractivity contribution < 1.29 is 14.2 Å². The second-order valence-electron chi connectivity index (χ2n) is 3.87. The lowest BCUT2D eigenvalue weighted by Crippen LogP contribution is -2.47. The van der Waals surface area contributed by atoms with Gasteiger partial charge in [-0.05, 0) is 18.8 Å². The van der Waals surface area contributed by atoms with Crippen LogP contribution in [0.15, 0.2) is 0 Å². The van der Waals surface area contributed by atoms with Crippen molar-refractivity contribution in [2.45, 2.75) is 37.6 Å². The van der Waals surface area contributed by atoms with Crippen LogP contribution in [0.5, 0.6) is 0 Å². The van der Waals surface area contributed by atoms with Crippen molar-refractivity contribution in [3.63, 3.8) is 0 Å². The van der Waals surface area contributed by atoms with E-state index >= 15 is 0 Å². The number of ether oxygens (including phenoxy) is 3. The Balaban J connectivity index is 2.63. The molecule has 0 aromatic heterocycles. The van der Waals surface area contributed by atoms with Gasteiger partial charge in [-0.1, -0.05) is 13.3 Å². The summed E-state index contributed by atoms with van der Waals surface area (Å²) in [5.41, 5.74) is 0. The van der Waals surface area contributed by atoms with E-state index in [1.165, 1.54) is 0 Å². The van der Waals surface area contributed by atoms with Crippen molar-refractivity contribution in [1.29, 1.82) is 0 Å². The molecule has 1 aliphatic rings. The molecule has 1 radical (unpaired) electrons. The molecular weight excluding hydrogens is 180 g/mol. The maximum absolute atomic E-state index is 5.43. The average molecular weight is 201 g/mol. The van der Waals surface area contributed by atoms with E-state index in [9.17, 15) is 0 Å². The molecule has 2 unspecified atom stereocenters. The molecule has 0 N–H and O–H groups in total. The van der Waals surface area contributed by atoms with Crippen LogP contribution in [0.1, 0.15) is 19.3 Å². The quantitative estimate of drug-likeness (QED) is 0.692. The van der Waals surface area contributed by atoms with Crippen LogP contribution in [-0.4, -0.2) is 39.6 Å². The molecule has 1 rings (SSSR count). The van der Waals surface area contributed by atoms with Crippen molar-refractivity contribution in [3.8, 4) is 0 Å². The smallest absolute Gasteiger partial charge is 0.109 e. The minimum Gasteiger partial charge on any atom is -0.379 e. The summed E-state index contributed by atoms with van der Waals surface area (Å²) >= 11 is 0. The first-order chi connectivity index (χ1) is 6.76. The molecule has 0 saturated heterocycles. The summed E-state index contributed by atoms with van der Waals surface area (Å²) in [5, 5.41) is 0. The van der Waals surface area contributed by atoms with Gasteiger partial charge in [0.15, 0.2) is 0 Å². The van der Waals surface area contributed by atoms with Gasteiger partial charge in [0, 0.05) is 21.3 Å². The van der Waals surface area contributed by atoms with E-state index < -0.39 is 0 Å². The van der Waals surface area contributed by atoms with Crippen LogP contribution in [-0.2, 0) is 14.2 Å². The highest BCUT2D eigenvalue weighted by atomic mass is 16.6. The summed E-state index contributed by atoms with van der Waals surface area (Å²) < 4.78 is 16.3. The maximum Gasteiger partial charge on any atom is 0.109 e. The Morgan fingerprint density at radius 1 is 1.00 bits per heavy atom. The molecule has 0 bridgehead atoms. The monoisotopic (exact) mass is 201 g/mol. The normalized spacial score (nSPS) is 38.6. The third kappa shape index (κ3) is 2.47. The van der Waals surface area contributed by atoms with Crippen LogP contribution in [0.3, 0.4) is 0 Å². The molecule has 0 heterocycles. The number of hydrogen-bond acceptors (Lipinski definition) is 3. The molecule has 2 atom stereocenters. The first-order valence-corrected chi connectivity index (χ1v) is 5.14. The molecule has 0 aliphatic heterocycles. The minimum atomic E-state index is 0.0628. The molecular formula is C11H21O3. The first-order valence-electron chi connectivity index (χ1n) is 5.14. The molecule has 0 aromatic carbocycles. The van der Waals surface area contributed by atoms with Gasteiger partial charge in [0.2, 0.25) is 0 Å². The topological polar surface area (TPSA) is 27.7 Å². The van der Waals surface area contributed by atoms with Gasteiger partial charge in [-0.3, -0.25) is 0 Å². The molecule has 1 saturated carbocycles. The van der Waals surface area contributed by atoms with E-state index in [4.69, 9.17) is 14.2 Å². The molecule has 3 heteroatoms. The van der Waals surface area contributed by atoms with Gasteiger partial charge >= 0.3 is 0 Å². The predicted molar refractivity (Wildman–Crippen MR) is 55.1 cm³/mol.